The Labute approximate surface area is 99.1 Å². The molecule has 0 unspecified atom stereocenters. The quantitative estimate of drug-likeness (QED) is 0.832. The number of nitrogens with zero attached hydrogens (tertiary/aromatic N) is 5. The van der Waals surface area contributed by atoms with E-state index < -0.39 is 0 Å². The highest BCUT2D eigenvalue weighted by molar-refractivity contribution is 5.30. The minimum Gasteiger partial charge on any atom is -0.340 e. The number of anilines is 1. The molecule has 1 atom stereocenters. The molecule has 0 aliphatic carbocycles. The van der Waals surface area contributed by atoms with E-state index in [1.54, 1.807) is 18.7 Å². The van der Waals surface area contributed by atoms with Gasteiger partial charge in [-0.1, -0.05) is 0 Å². The fourth-order valence-corrected chi connectivity index (χ4v) is 2.25. The van der Waals surface area contributed by atoms with Gasteiger partial charge in [-0.3, -0.25) is 5.10 Å². The van der Waals surface area contributed by atoms with Crippen LogP contribution in [0.3, 0.4) is 0 Å². The maximum Gasteiger partial charge on any atom is 0.225 e. The average molecular weight is 230 g/mol. The Morgan fingerprint density at radius 1 is 1.24 bits per heavy atom. The number of aromatic amines is 1. The molecule has 1 saturated heterocycles. The third-order valence-corrected chi connectivity index (χ3v) is 3.08. The van der Waals surface area contributed by atoms with Crippen molar-refractivity contribution >= 4 is 5.95 Å². The number of nitrogens with one attached hydrogen (secondary N) is 1. The maximum atomic E-state index is 4.29. The summed E-state index contributed by atoms with van der Waals surface area (Å²) in [6.07, 6.45) is 7.39. The fourth-order valence-electron chi connectivity index (χ4n) is 2.25. The summed E-state index contributed by atoms with van der Waals surface area (Å²) in [5.74, 6) is 2.16. The van der Waals surface area contributed by atoms with E-state index in [-0.39, 0.29) is 0 Å². The molecule has 0 saturated carbocycles. The fraction of sp³-hybridized carbons (Fsp3) is 0.455. The topological polar surface area (TPSA) is 70.6 Å². The van der Waals surface area contributed by atoms with E-state index >= 15 is 0 Å². The SMILES string of the molecule is c1cnc(N2CCC[C@H](c3ncn[nH]3)C2)nc1. The smallest absolute Gasteiger partial charge is 0.225 e. The zero-order valence-corrected chi connectivity index (χ0v) is 9.45. The molecule has 0 spiro atoms. The van der Waals surface area contributed by atoms with E-state index in [2.05, 4.69) is 30.0 Å². The van der Waals surface area contributed by atoms with Gasteiger partial charge in [0.2, 0.25) is 5.95 Å². The first kappa shape index (κ1) is 10.2. The third kappa shape index (κ3) is 2.11. The van der Waals surface area contributed by atoms with Gasteiger partial charge in [-0.05, 0) is 18.9 Å². The molecule has 3 heterocycles. The number of hydrogen-bond donors (Lipinski definition) is 1. The van der Waals surface area contributed by atoms with Crippen LogP contribution in [0.25, 0.3) is 0 Å². The molecular formula is C11H14N6. The highest BCUT2D eigenvalue weighted by Gasteiger charge is 2.24. The van der Waals surface area contributed by atoms with Crippen LogP contribution in [0.2, 0.25) is 0 Å². The van der Waals surface area contributed by atoms with Gasteiger partial charge >= 0.3 is 0 Å². The number of piperidine rings is 1. The summed E-state index contributed by atoms with van der Waals surface area (Å²) in [6, 6.07) is 1.83. The summed E-state index contributed by atoms with van der Waals surface area (Å²) >= 11 is 0. The molecule has 1 aliphatic heterocycles. The van der Waals surface area contributed by atoms with Crippen LogP contribution >= 0.6 is 0 Å². The van der Waals surface area contributed by atoms with Crippen molar-refractivity contribution in [3.8, 4) is 0 Å². The summed E-state index contributed by atoms with van der Waals surface area (Å²) < 4.78 is 0. The van der Waals surface area contributed by atoms with Crippen molar-refractivity contribution in [2.24, 2.45) is 0 Å². The van der Waals surface area contributed by atoms with Crippen LogP contribution in [0, 0.1) is 0 Å². The Morgan fingerprint density at radius 2 is 2.12 bits per heavy atom. The van der Waals surface area contributed by atoms with Crippen LogP contribution in [0.1, 0.15) is 24.6 Å². The first-order chi connectivity index (χ1) is 8.43. The molecule has 1 N–H and O–H groups in total. The first-order valence-electron chi connectivity index (χ1n) is 5.81. The van der Waals surface area contributed by atoms with E-state index in [0.717, 1.165) is 37.7 Å². The Kier molecular flexibility index (Phi) is 2.69. The highest BCUT2D eigenvalue weighted by atomic mass is 15.3. The first-order valence-corrected chi connectivity index (χ1v) is 5.81. The van der Waals surface area contributed by atoms with Crippen LogP contribution in [0.5, 0.6) is 0 Å². The van der Waals surface area contributed by atoms with Crippen LogP contribution in [-0.4, -0.2) is 38.2 Å². The normalized spacial score (nSPS) is 20.5. The van der Waals surface area contributed by atoms with Gasteiger partial charge in [-0.2, -0.15) is 5.10 Å². The average Bonchev–Trinajstić information content (AvgIpc) is 2.94. The lowest BCUT2D eigenvalue weighted by Crippen LogP contribution is -2.35. The molecule has 3 rings (SSSR count). The second-order valence-electron chi connectivity index (χ2n) is 4.20. The number of rotatable bonds is 2. The lowest BCUT2D eigenvalue weighted by Gasteiger charge is -2.31. The molecule has 0 bridgehead atoms. The lowest BCUT2D eigenvalue weighted by atomic mass is 9.98. The van der Waals surface area contributed by atoms with E-state index in [0.29, 0.717) is 5.92 Å². The van der Waals surface area contributed by atoms with Gasteiger partial charge in [0.1, 0.15) is 12.2 Å². The standard InChI is InChI=1S/C11H14N6/c1-3-9(10-14-8-15-16-10)7-17(6-1)11-12-4-2-5-13-11/h2,4-5,8-9H,1,3,6-7H2,(H,14,15,16)/t9-/m0/s1. The van der Waals surface area contributed by atoms with Crippen molar-refractivity contribution in [1.29, 1.82) is 0 Å². The van der Waals surface area contributed by atoms with Crippen LogP contribution < -0.4 is 4.90 Å². The summed E-state index contributed by atoms with van der Waals surface area (Å²) in [4.78, 5) is 15.0. The molecule has 1 aliphatic rings. The number of hydrogen-bond acceptors (Lipinski definition) is 5. The third-order valence-electron chi connectivity index (χ3n) is 3.08. The minimum absolute atomic E-state index is 0.398. The summed E-state index contributed by atoms with van der Waals surface area (Å²) in [6.45, 7) is 1.91. The number of H-pyrrole nitrogens is 1. The zero-order chi connectivity index (χ0) is 11.5. The van der Waals surface area contributed by atoms with Gasteiger partial charge in [-0.15, -0.1) is 0 Å². The summed E-state index contributed by atoms with van der Waals surface area (Å²) in [5.41, 5.74) is 0. The monoisotopic (exact) mass is 230 g/mol. The van der Waals surface area contributed by atoms with Crippen molar-refractivity contribution < 1.29 is 0 Å². The van der Waals surface area contributed by atoms with E-state index in [1.807, 2.05) is 6.07 Å². The Bertz CT molecular complexity index is 454. The van der Waals surface area contributed by atoms with Crippen molar-refractivity contribution in [2.75, 3.05) is 18.0 Å². The summed E-state index contributed by atoms with van der Waals surface area (Å²) in [5, 5.41) is 6.86. The largest absolute Gasteiger partial charge is 0.340 e. The molecule has 88 valence electrons. The van der Waals surface area contributed by atoms with Gasteiger partial charge in [0.25, 0.3) is 0 Å². The molecule has 2 aromatic rings. The minimum atomic E-state index is 0.398. The molecule has 2 aromatic heterocycles. The Hall–Kier alpha value is -1.98. The molecule has 0 aromatic carbocycles. The second kappa shape index (κ2) is 4.48. The molecule has 6 nitrogen and oxygen atoms in total. The Balaban J connectivity index is 1.76. The van der Waals surface area contributed by atoms with E-state index in [9.17, 15) is 0 Å². The van der Waals surface area contributed by atoms with Gasteiger partial charge < -0.3 is 4.90 Å². The summed E-state index contributed by atoms with van der Waals surface area (Å²) in [7, 11) is 0. The van der Waals surface area contributed by atoms with Crippen molar-refractivity contribution in [2.45, 2.75) is 18.8 Å². The molecule has 1 fully saturated rings. The predicted octanol–water partition coefficient (Wildman–Crippen LogP) is 0.979. The van der Waals surface area contributed by atoms with Gasteiger partial charge in [0.15, 0.2) is 0 Å². The molecule has 0 amide bonds. The molecule has 0 radical (unpaired) electrons. The lowest BCUT2D eigenvalue weighted by molar-refractivity contribution is 0.486. The highest BCUT2D eigenvalue weighted by Crippen LogP contribution is 2.25. The maximum absolute atomic E-state index is 4.29. The van der Waals surface area contributed by atoms with Gasteiger partial charge in [0, 0.05) is 31.4 Å². The van der Waals surface area contributed by atoms with Gasteiger partial charge in [-0.25, -0.2) is 15.0 Å². The van der Waals surface area contributed by atoms with Crippen molar-refractivity contribution in [1.82, 2.24) is 25.1 Å². The molecule has 17 heavy (non-hydrogen) atoms. The predicted molar refractivity (Wildman–Crippen MR) is 62.6 cm³/mol. The van der Waals surface area contributed by atoms with Crippen LogP contribution in [0.15, 0.2) is 24.8 Å². The Morgan fingerprint density at radius 3 is 2.88 bits per heavy atom. The van der Waals surface area contributed by atoms with Crippen LogP contribution in [0.4, 0.5) is 5.95 Å². The second-order valence-corrected chi connectivity index (χ2v) is 4.20. The van der Waals surface area contributed by atoms with Gasteiger partial charge in [0.05, 0.1) is 0 Å². The molecule has 6 heteroatoms. The van der Waals surface area contributed by atoms with E-state index in [1.165, 1.54) is 0 Å². The van der Waals surface area contributed by atoms with Crippen LogP contribution in [-0.2, 0) is 0 Å². The molecular weight excluding hydrogens is 216 g/mol. The zero-order valence-electron chi connectivity index (χ0n) is 9.45. The van der Waals surface area contributed by atoms with Crippen molar-refractivity contribution in [3.63, 3.8) is 0 Å². The number of aromatic nitrogens is 5. The van der Waals surface area contributed by atoms with Crippen molar-refractivity contribution in [3.05, 3.63) is 30.6 Å². The van der Waals surface area contributed by atoms with E-state index in [4.69, 9.17) is 0 Å².